The molecule has 0 aliphatic rings. The van der Waals surface area contributed by atoms with Gasteiger partial charge in [0, 0.05) is 27.6 Å². The summed E-state index contributed by atoms with van der Waals surface area (Å²) in [7, 11) is 1.60. The van der Waals surface area contributed by atoms with Crippen molar-refractivity contribution in [3.8, 4) is 17.4 Å². The van der Waals surface area contributed by atoms with Crippen LogP contribution >= 0.6 is 22.6 Å². The molecule has 3 aromatic heterocycles. The van der Waals surface area contributed by atoms with Crippen molar-refractivity contribution >= 4 is 33.8 Å². The Morgan fingerprint density at radius 1 is 0.933 bits per heavy atom. The number of fused-ring (bicyclic) bond motifs is 1. The lowest BCUT2D eigenvalue weighted by Gasteiger charge is -2.14. The largest absolute Gasteiger partial charge is 0.490 e. The number of imidazole rings is 1. The third-order valence-electron chi connectivity index (χ3n) is 4.48. The topological polar surface area (TPSA) is 71.3 Å². The number of benzene rings is 1. The van der Waals surface area contributed by atoms with E-state index in [1.165, 1.54) is 0 Å². The van der Waals surface area contributed by atoms with Gasteiger partial charge in [0.1, 0.15) is 12.1 Å². The van der Waals surface area contributed by atoms with Gasteiger partial charge in [-0.15, -0.1) is 0 Å². The maximum atomic E-state index is 5.98. The third kappa shape index (κ3) is 4.64. The van der Waals surface area contributed by atoms with Crippen LogP contribution in [0.5, 0.6) is 17.4 Å². The molecule has 0 atom stereocenters. The lowest BCUT2D eigenvalue weighted by atomic mass is 10.2. The molecule has 4 rings (SSSR count). The molecule has 154 valence electrons. The normalized spacial score (nSPS) is 10.9. The first-order valence-corrected chi connectivity index (χ1v) is 10.6. The van der Waals surface area contributed by atoms with Crippen molar-refractivity contribution < 1.29 is 14.2 Å². The highest BCUT2D eigenvalue weighted by molar-refractivity contribution is 14.1. The Morgan fingerprint density at radius 3 is 2.57 bits per heavy atom. The Bertz CT molecular complexity index is 1150. The molecule has 0 saturated carbocycles. The number of nitrogens with zero attached hydrogens (tertiary/aromatic N) is 4. The number of methoxy groups -OCH3 is 1. The van der Waals surface area contributed by atoms with Crippen LogP contribution in [0.25, 0.3) is 11.2 Å². The Balaban J connectivity index is 1.51. The Kier molecular flexibility index (Phi) is 6.32. The highest BCUT2D eigenvalue weighted by Crippen LogP contribution is 2.30. The molecule has 4 aromatic rings. The fourth-order valence-corrected chi connectivity index (χ4v) is 3.49. The standard InChI is InChI=1S/C22H21IN4O3/c1-3-29-20-8-15(12-27-14-26-18-9-17(23)11-25-22(18)27)4-6-19(20)30-13-16-5-7-21(28-2)24-10-16/h4-11,14H,3,12-13H2,1-2H3. The molecule has 0 aliphatic carbocycles. The summed E-state index contributed by atoms with van der Waals surface area (Å²) < 4.78 is 20.0. The second-order valence-corrected chi connectivity index (χ2v) is 7.83. The van der Waals surface area contributed by atoms with Gasteiger partial charge in [-0.1, -0.05) is 6.07 Å². The monoisotopic (exact) mass is 516 g/mol. The van der Waals surface area contributed by atoms with Gasteiger partial charge in [-0.25, -0.2) is 15.0 Å². The number of halogens is 1. The molecule has 0 spiro atoms. The van der Waals surface area contributed by atoms with Crippen LogP contribution < -0.4 is 14.2 Å². The molecule has 3 heterocycles. The first-order chi connectivity index (χ1) is 14.7. The van der Waals surface area contributed by atoms with Crippen molar-refractivity contribution in [1.29, 1.82) is 0 Å². The van der Waals surface area contributed by atoms with Crippen molar-refractivity contribution in [2.75, 3.05) is 13.7 Å². The second-order valence-electron chi connectivity index (χ2n) is 6.58. The van der Waals surface area contributed by atoms with Gasteiger partial charge in [-0.2, -0.15) is 0 Å². The number of rotatable bonds is 8. The van der Waals surface area contributed by atoms with Gasteiger partial charge >= 0.3 is 0 Å². The van der Waals surface area contributed by atoms with Crippen molar-refractivity contribution in [2.24, 2.45) is 0 Å². The van der Waals surface area contributed by atoms with E-state index in [9.17, 15) is 0 Å². The SMILES string of the molecule is CCOc1cc(Cn2cnc3cc(I)cnc32)ccc1OCc1ccc(OC)nc1. The van der Waals surface area contributed by atoms with Crippen LogP contribution in [0.2, 0.25) is 0 Å². The number of pyridine rings is 2. The predicted octanol–water partition coefficient (Wildman–Crippen LogP) is 4.47. The molecule has 7 nitrogen and oxygen atoms in total. The van der Waals surface area contributed by atoms with Gasteiger partial charge in [0.2, 0.25) is 5.88 Å². The molecule has 0 N–H and O–H groups in total. The van der Waals surface area contributed by atoms with Crippen LogP contribution in [-0.4, -0.2) is 33.2 Å². The summed E-state index contributed by atoms with van der Waals surface area (Å²) in [5.41, 5.74) is 3.78. The fourth-order valence-electron chi connectivity index (χ4n) is 3.05. The zero-order valence-corrected chi connectivity index (χ0v) is 18.9. The first kappa shape index (κ1) is 20.4. The molecule has 0 unspecified atom stereocenters. The Hall–Kier alpha value is -2.88. The first-order valence-electron chi connectivity index (χ1n) is 9.50. The zero-order chi connectivity index (χ0) is 20.9. The third-order valence-corrected chi connectivity index (χ3v) is 5.07. The van der Waals surface area contributed by atoms with E-state index >= 15 is 0 Å². The van der Waals surface area contributed by atoms with Gasteiger partial charge in [0.05, 0.1) is 26.6 Å². The van der Waals surface area contributed by atoms with E-state index in [0.717, 1.165) is 25.9 Å². The van der Waals surface area contributed by atoms with Crippen LogP contribution in [0.1, 0.15) is 18.1 Å². The quantitative estimate of drug-likeness (QED) is 0.322. The molecule has 0 amide bonds. The van der Waals surface area contributed by atoms with Gasteiger partial charge in [0.15, 0.2) is 17.1 Å². The molecule has 30 heavy (non-hydrogen) atoms. The van der Waals surface area contributed by atoms with Crippen molar-refractivity contribution in [1.82, 2.24) is 19.5 Å². The van der Waals surface area contributed by atoms with E-state index in [4.69, 9.17) is 14.2 Å². The van der Waals surface area contributed by atoms with Crippen molar-refractivity contribution in [2.45, 2.75) is 20.1 Å². The maximum absolute atomic E-state index is 5.98. The highest BCUT2D eigenvalue weighted by Gasteiger charge is 2.10. The van der Waals surface area contributed by atoms with Crippen LogP contribution in [0.15, 0.2) is 55.1 Å². The molecule has 8 heteroatoms. The lowest BCUT2D eigenvalue weighted by molar-refractivity contribution is 0.268. The van der Waals surface area contributed by atoms with Crippen molar-refractivity contribution in [3.63, 3.8) is 0 Å². The van der Waals surface area contributed by atoms with E-state index in [2.05, 4.69) is 37.5 Å². The summed E-state index contributed by atoms with van der Waals surface area (Å²) in [4.78, 5) is 13.2. The molecule has 0 saturated heterocycles. The minimum atomic E-state index is 0.394. The van der Waals surface area contributed by atoms with Gasteiger partial charge in [-0.05, 0) is 59.3 Å². The molecule has 0 fully saturated rings. The van der Waals surface area contributed by atoms with E-state index in [0.29, 0.717) is 37.1 Å². The van der Waals surface area contributed by atoms with Crippen molar-refractivity contribution in [3.05, 3.63) is 69.8 Å². The molecule has 0 bridgehead atoms. The Morgan fingerprint density at radius 2 is 1.80 bits per heavy atom. The summed E-state index contributed by atoms with van der Waals surface area (Å²) in [5, 5.41) is 0. The summed E-state index contributed by atoms with van der Waals surface area (Å²) >= 11 is 2.24. The average molecular weight is 516 g/mol. The number of ether oxygens (including phenoxy) is 3. The smallest absolute Gasteiger partial charge is 0.212 e. The summed E-state index contributed by atoms with van der Waals surface area (Å²) in [6, 6.07) is 11.7. The minimum absolute atomic E-state index is 0.394. The highest BCUT2D eigenvalue weighted by atomic mass is 127. The van der Waals surface area contributed by atoms with E-state index < -0.39 is 0 Å². The lowest BCUT2D eigenvalue weighted by Crippen LogP contribution is -2.03. The fraction of sp³-hybridized carbons (Fsp3) is 0.227. The molecular weight excluding hydrogens is 495 g/mol. The molecule has 0 aliphatic heterocycles. The summed E-state index contributed by atoms with van der Waals surface area (Å²) in [6.07, 6.45) is 5.40. The molecule has 0 radical (unpaired) electrons. The van der Waals surface area contributed by atoms with Crippen LogP contribution in [0.3, 0.4) is 0 Å². The minimum Gasteiger partial charge on any atom is -0.490 e. The van der Waals surface area contributed by atoms with Crippen LogP contribution in [0.4, 0.5) is 0 Å². The second kappa shape index (κ2) is 9.29. The average Bonchev–Trinajstić information content (AvgIpc) is 3.15. The molecular formula is C22H21IN4O3. The van der Waals surface area contributed by atoms with Crippen LogP contribution in [-0.2, 0) is 13.2 Å². The van der Waals surface area contributed by atoms with Crippen LogP contribution in [0, 0.1) is 3.57 Å². The number of hydrogen-bond donors (Lipinski definition) is 0. The number of hydrogen-bond acceptors (Lipinski definition) is 6. The Labute approximate surface area is 188 Å². The maximum Gasteiger partial charge on any atom is 0.212 e. The van der Waals surface area contributed by atoms with Gasteiger partial charge in [0.25, 0.3) is 0 Å². The summed E-state index contributed by atoms with van der Waals surface area (Å²) in [6.45, 7) is 3.55. The van der Waals surface area contributed by atoms with E-state index in [1.54, 1.807) is 13.3 Å². The molecule has 1 aromatic carbocycles. The van der Waals surface area contributed by atoms with Gasteiger partial charge in [-0.3, -0.25) is 0 Å². The summed E-state index contributed by atoms with van der Waals surface area (Å²) in [5.74, 6) is 1.98. The predicted molar refractivity (Wildman–Crippen MR) is 122 cm³/mol. The van der Waals surface area contributed by atoms with E-state index in [-0.39, 0.29) is 0 Å². The van der Waals surface area contributed by atoms with E-state index in [1.807, 2.05) is 60.4 Å². The zero-order valence-electron chi connectivity index (χ0n) is 16.7. The number of aromatic nitrogens is 4. The van der Waals surface area contributed by atoms with Gasteiger partial charge < -0.3 is 18.8 Å².